The molecule has 7 heteroatoms. The maximum Gasteiger partial charge on any atom is 0.279 e. The van der Waals surface area contributed by atoms with E-state index in [1.165, 1.54) is 7.11 Å². The molecule has 0 bridgehead atoms. The van der Waals surface area contributed by atoms with E-state index >= 15 is 0 Å². The van der Waals surface area contributed by atoms with Crippen molar-refractivity contribution in [2.24, 2.45) is 0 Å². The summed E-state index contributed by atoms with van der Waals surface area (Å²) >= 11 is 0. The lowest BCUT2D eigenvalue weighted by Crippen LogP contribution is -2.48. The molecule has 0 aliphatic heterocycles. The molecule has 0 spiro atoms. The molecule has 0 fully saturated rings. The van der Waals surface area contributed by atoms with Crippen LogP contribution in [0.2, 0.25) is 0 Å². The highest BCUT2D eigenvalue weighted by molar-refractivity contribution is 5.86. The van der Waals surface area contributed by atoms with Crippen LogP contribution in [0.5, 0.6) is 17.2 Å². The molecule has 3 aromatic carbocycles. The van der Waals surface area contributed by atoms with Gasteiger partial charge in [-0.05, 0) is 42.0 Å². The first-order valence-electron chi connectivity index (χ1n) is 9.07. The third-order valence-electron chi connectivity index (χ3n) is 4.16. The number of carbonyl (C=O) groups excluding carboxylic acids is 2. The van der Waals surface area contributed by atoms with Crippen LogP contribution < -0.4 is 25.1 Å². The van der Waals surface area contributed by atoms with E-state index in [-0.39, 0.29) is 6.61 Å². The number of hydrogen-bond donors (Lipinski definition) is 2. The minimum Gasteiger partial charge on any atom is -0.493 e. The standard InChI is InChI=1S/C22H22N2O5/c1-15(29-18-12-11-16-7-3-4-8-17(16)13-18)22(26)24-23-21(25)14-28-20-10-6-5-9-19(20)27-2/h3-13,15H,14H2,1-2H3,(H,23,25)(H,24,26). The Bertz CT molecular complexity index is 1010. The summed E-state index contributed by atoms with van der Waals surface area (Å²) in [4.78, 5) is 24.1. The molecular formula is C22H22N2O5. The first-order chi connectivity index (χ1) is 14.1. The first kappa shape index (κ1) is 20.0. The quantitative estimate of drug-likeness (QED) is 0.602. The van der Waals surface area contributed by atoms with Crippen molar-refractivity contribution < 1.29 is 23.8 Å². The Hall–Kier alpha value is -3.74. The minimum atomic E-state index is -0.799. The zero-order chi connectivity index (χ0) is 20.6. The molecule has 1 unspecified atom stereocenters. The van der Waals surface area contributed by atoms with Gasteiger partial charge in [0.05, 0.1) is 7.11 Å². The molecule has 2 N–H and O–H groups in total. The molecule has 150 valence electrons. The van der Waals surface area contributed by atoms with Gasteiger partial charge < -0.3 is 14.2 Å². The fourth-order valence-corrected chi connectivity index (χ4v) is 2.65. The fraction of sp³-hybridized carbons (Fsp3) is 0.182. The third kappa shape index (κ3) is 5.38. The molecule has 7 nitrogen and oxygen atoms in total. The normalized spacial score (nSPS) is 11.4. The smallest absolute Gasteiger partial charge is 0.279 e. The van der Waals surface area contributed by atoms with Crippen molar-refractivity contribution >= 4 is 22.6 Å². The molecule has 3 aromatic rings. The number of benzene rings is 3. The molecule has 0 heterocycles. The number of methoxy groups -OCH3 is 1. The van der Waals surface area contributed by atoms with Crippen LogP contribution in [0.4, 0.5) is 0 Å². The molecule has 0 aliphatic carbocycles. The zero-order valence-electron chi connectivity index (χ0n) is 16.2. The molecule has 0 saturated heterocycles. The summed E-state index contributed by atoms with van der Waals surface area (Å²) in [6.45, 7) is 1.32. The van der Waals surface area contributed by atoms with Crippen LogP contribution in [0.1, 0.15) is 6.92 Å². The lowest BCUT2D eigenvalue weighted by atomic mass is 10.1. The van der Waals surface area contributed by atoms with Gasteiger partial charge in [-0.1, -0.05) is 42.5 Å². The van der Waals surface area contributed by atoms with E-state index in [0.29, 0.717) is 17.2 Å². The molecule has 1 atom stereocenters. The number of ether oxygens (including phenoxy) is 3. The number of hydrazine groups is 1. The van der Waals surface area contributed by atoms with Crippen LogP contribution in [0, 0.1) is 0 Å². The average Bonchev–Trinajstić information content (AvgIpc) is 2.76. The van der Waals surface area contributed by atoms with Crippen molar-refractivity contribution in [1.29, 1.82) is 0 Å². The molecule has 0 radical (unpaired) electrons. The van der Waals surface area contributed by atoms with E-state index in [9.17, 15) is 9.59 Å². The van der Waals surface area contributed by atoms with E-state index in [4.69, 9.17) is 14.2 Å². The van der Waals surface area contributed by atoms with Crippen molar-refractivity contribution in [2.45, 2.75) is 13.0 Å². The summed E-state index contributed by atoms with van der Waals surface area (Å²) in [5, 5.41) is 2.10. The Labute approximate surface area is 168 Å². The number of rotatable bonds is 7. The maximum absolute atomic E-state index is 12.2. The monoisotopic (exact) mass is 394 g/mol. The lowest BCUT2D eigenvalue weighted by Gasteiger charge is -2.16. The largest absolute Gasteiger partial charge is 0.493 e. The van der Waals surface area contributed by atoms with Gasteiger partial charge in [0.1, 0.15) is 5.75 Å². The Kier molecular flexibility index (Phi) is 6.52. The molecule has 0 aromatic heterocycles. The van der Waals surface area contributed by atoms with Gasteiger partial charge in [-0.3, -0.25) is 20.4 Å². The van der Waals surface area contributed by atoms with Crippen LogP contribution in [-0.4, -0.2) is 31.6 Å². The minimum absolute atomic E-state index is 0.277. The number of para-hydroxylation sites is 2. The van der Waals surface area contributed by atoms with Crippen LogP contribution >= 0.6 is 0 Å². The zero-order valence-corrected chi connectivity index (χ0v) is 16.2. The lowest BCUT2D eigenvalue weighted by molar-refractivity contribution is -0.133. The van der Waals surface area contributed by atoms with Gasteiger partial charge in [0.15, 0.2) is 24.2 Å². The highest BCUT2D eigenvalue weighted by atomic mass is 16.5. The summed E-state index contributed by atoms with van der Waals surface area (Å²) in [5.74, 6) is 0.523. The number of amides is 2. The van der Waals surface area contributed by atoms with Gasteiger partial charge in [-0.2, -0.15) is 0 Å². The third-order valence-corrected chi connectivity index (χ3v) is 4.16. The van der Waals surface area contributed by atoms with Gasteiger partial charge in [0, 0.05) is 0 Å². The van der Waals surface area contributed by atoms with Crippen LogP contribution in [0.3, 0.4) is 0 Å². The van der Waals surface area contributed by atoms with Crippen molar-refractivity contribution in [1.82, 2.24) is 10.9 Å². The van der Waals surface area contributed by atoms with Crippen LogP contribution in [0.25, 0.3) is 10.8 Å². The maximum atomic E-state index is 12.2. The van der Waals surface area contributed by atoms with Gasteiger partial charge in [-0.25, -0.2) is 0 Å². The SMILES string of the molecule is COc1ccccc1OCC(=O)NNC(=O)C(C)Oc1ccc2ccccc2c1. The van der Waals surface area contributed by atoms with Crippen LogP contribution in [-0.2, 0) is 9.59 Å². The first-order valence-corrected chi connectivity index (χ1v) is 9.07. The Balaban J connectivity index is 1.47. The van der Waals surface area contributed by atoms with E-state index in [1.807, 2.05) is 36.4 Å². The summed E-state index contributed by atoms with van der Waals surface area (Å²) in [7, 11) is 1.51. The van der Waals surface area contributed by atoms with Crippen molar-refractivity contribution in [3.8, 4) is 17.2 Å². The van der Waals surface area contributed by atoms with E-state index in [1.54, 1.807) is 37.3 Å². The van der Waals surface area contributed by atoms with Gasteiger partial charge >= 0.3 is 0 Å². The number of carbonyl (C=O) groups is 2. The summed E-state index contributed by atoms with van der Waals surface area (Å²) in [6.07, 6.45) is -0.799. The average molecular weight is 394 g/mol. The molecule has 0 aliphatic rings. The second-order valence-corrected chi connectivity index (χ2v) is 6.25. The van der Waals surface area contributed by atoms with Crippen molar-refractivity contribution in [3.05, 3.63) is 66.7 Å². The van der Waals surface area contributed by atoms with Gasteiger partial charge in [0.2, 0.25) is 0 Å². The number of nitrogens with one attached hydrogen (secondary N) is 2. The van der Waals surface area contributed by atoms with Crippen LogP contribution in [0.15, 0.2) is 66.7 Å². The highest BCUT2D eigenvalue weighted by Gasteiger charge is 2.16. The number of hydrogen-bond acceptors (Lipinski definition) is 5. The van der Waals surface area contributed by atoms with E-state index in [2.05, 4.69) is 10.9 Å². The second kappa shape index (κ2) is 9.45. The molecular weight excluding hydrogens is 372 g/mol. The Morgan fingerprint density at radius 3 is 2.34 bits per heavy atom. The number of fused-ring (bicyclic) bond motifs is 1. The summed E-state index contributed by atoms with van der Waals surface area (Å²) in [6, 6.07) is 20.4. The summed E-state index contributed by atoms with van der Waals surface area (Å²) in [5.41, 5.74) is 4.63. The predicted octanol–water partition coefficient (Wildman–Crippen LogP) is 2.84. The van der Waals surface area contributed by atoms with Gasteiger partial charge in [-0.15, -0.1) is 0 Å². The highest BCUT2D eigenvalue weighted by Crippen LogP contribution is 2.25. The van der Waals surface area contributed by atoms with Gasteiger partial charge in [0.25, 0.3) is 11.8 Å². The molecule has 2 amide bonds. The second-order valence-electron chi connectivity index (χ2n) is 6.25. The fourth-order valence-electron chi connectivity index (χ4n) is 2.65. The topological polar surface area (TPSA) is 85.9 Å². The molecule has 0 saturated carbocycles. The van der Waals surface area contributed by atoms with E-state index in [0.717, 1.165) is 10.8 Å². The molecule has 29 heavy (non-hydrogen) atoms. The predicted molar refractivity (Wildman–Crippen MR) is 109 cm³/mol. The van der Waals surface area contributed by atoms with Crippen molar-refractivity contribution in [3.63, 3.8) is 0 Å². The van der Waals surface area contributed by atoms with Crippen molar-refractivity contribution in [2.75, 3.05) is 13.7 Å². The Morgan fingerprint density at radius 1 is 0.897 bits per heavy atom. The Morgan fingerprint density at radius 2 is 1.59 bits per heavy atom. The molecule has 3 rings (SSSR count). The van der Waals surface area contributed by atoms with E-state index < -0.39 is 17.9 Å². The summed E-state index contributed by atoms with van der Waals surface area (Å²) < 4.78 is 16.2.